The zero-order valence-corrected chi connectivity index (χ0v) is 27.1. The fourth-order valence-electron chi connectivity index (χ4n) is 5.89. The molecule has 0 spiro atoms. The second-order valence-corrected chi connectivity index (χ2v) is 11.4. The van der Waals surface area contributed by atoms with Gasteiger partial charge in [0, 0.05) is 64.3 Å². The summed E-state index contributed by atoms with van der Waals surface area (Å²) in [7, 11) is 0. The van der Waals surface area contributed by atoms with Gasteiger partial charge in [0.2, 0.25) is 5.91 Å². The van der Waals surface area contributed by atoms with Gasteiger partial charge in [-0.25, -0.2) is 0 Å². The average molecular weight is 635 g/mol. The van der Waals surface area contributed by atoms with Crippen LogP contribution < -0.4 is 5.73 Å². The van der Waals surface area contributed by atoms with E-state index in [9.17, 15) is 29.9 Å². The Kier molecular flexibility index (Phi) is 27.7. The number of carbonyl (C=O) groups excluding carboxylic acids is 1. The number of unbranched alkanes of at least 4 members (excludes halogenated alkanes) is 6. The van der Waals surface area contributed by atoms with Crippen molar-refractivity contribution < 1.29 is 30.3 Å². The number of rotatable bonds is 32. The van der Waals surface area contributed by atoms with Crippen LogP contribution in [0, 0.1) is 9.81 Å². The first-order valence-corrected chi connectivity index (χ1v) is 16.6. The van der Waals surface area contributed by atoms with Crippen molar-refractivity contribution in [3.8, 4) is 0 Å². The van der Waals surface area contributed by atoms with Crippen LogP contribution in [0.4, 0.5) is 0 Å². The number of aliphatic hydroxyl groups is 5. The minimum absolute atomic E-state index is 0.0422. The second kappa shape index (κ2) is 28.8. The van der Waals surface area contributed by atoms with Gasteiger partial charge in [-0.2, -0.15) is 9.81 Å². The first-order chi connectivity index (χ1) is 21.4. The molecule has 4 unspecified atom stereocenters. The Bertz CT molecular complexity index is 698. The number of nitroso groups, excluding NO2 is 2. The highest BCUT2D eigenvalue weighted by Gasteiger charge is 2.34. The van der Waals surface area contributed by atoms with E-state index in [1.165, 1.54) is 4.90 Å². The molecule has 0 aromatic carbocycles. The van der Waals surface area contributed by atoms with Crippen LogP contribution in [0.15, 0.2) is 10.4 Å². The predicted octanol–water partition coefficient (Wildman–Crippen LogP) is 1.05. The van der Waals surface area contributed by atoms with Gasteiger partial charge in [-0.3, -0.25) is 14.6 Å². The van der Waals surface area contributed by atoms with E-state index in [1.807, 2.05) is 9.80 Å². The zero-order valence-electron chi connectivity index (χ0n) is 27.1. The molecule has 14 nitrogen and oxygen atoms in total. The van der Waals surface area contributed by atoms with E-state index >= 15 is 0 Å². The molecule has 14 heteroatoms. The first kappa shape index (κ1) is 42.3. The number of amides is 1. The molecule has 0 saturated carbocycles. The van der Waals surface area contributed by atoms with Crippen LogP contribution in [-0.4, -0.2) is 149 Å². The first-order valence-electron chi connectivity index (χ1n) is 16.6. The van der Waals surface area contributed by atoms with Gasteiger partial charge in [-0.1, -0.05) is 62.2 Å². The van der Waals surface area contributed by atoms with Crippen LogP contribution in [0.2, 0.25) is 0 Å². The highest BCUT2D eigenvalue weighted by molar-refractivity contribution is 5.76. The van der Waals surface area contributed by atoms with Crippen molar-refractivity contribution in [2.24, 2.45) is 16.1 Å². The largest absolute Gasteiger partial charge is 0.395 e. The monoisotopic (exact) mass is 634 g/mol. The Morgan fingerprint density at radius 2 is 1.30 bits per heavy atom. The van der Waals surface area contributed by atoms with Gasteiger partial charge in [0.15, 0.2) is 0 Å². The standard InChI is InChI=1S/C30H62N6O8/c1-2-3-7-11-27(35(18-22-38)16-14-32-43)29(41)25-28(34(15-13-31)17-21-37)26(33-44)10-8-5-4-6-9-12-30(42)36(19-23-39)20-24-40/h26-29,37-41H,2-25,31H2,1H3. The number of nitrogens with two attached hydrogens (primary N) is 1. The molecule has 0 saturated heterocycles. The molecule has 0 radical (unpaired) electrons. The van der Waals surface area contributed by atoms with E-state index in [-0.39, 0.29) is 71.0 Å². The maximum atomic E-state index is 12.3. The Labute approximate surface area is 263 Å². The van der Waals surface area contributed by atoms with Crippen LogP contribution in [0.5, 0.6) is 0 Å². The topological polar surface area (TPSA) is 213 Å². The van der Waals surface area contributed by atoms with Crippen molar-refractivity contribution in [3.63, 3.8) is 0 Å². The zero-order chi connectivity index (χ0) is 33.0. The molecule has 44 heavy (non-hydrogen) atoms. The van der Waals surface area contributed by atoms with Gasteiger partial charge in [-0.15, -0.1) is 0 Å². The maximum absolute atomic E-state index is 12.3. The van der Waals surface area contributed by atoms with Crippen molar-refractivity contribution in [3.05, 3.63) is 9.81 Å². The van der Waals surface area contributed by atoms with Crippen LogP contribution >= 0.6 is 0 Å². The third kappa shape index (κ3) is 18.4. The smallest absolute Gasteiger partial charge is 0.222 e. The lowest BCUT2D eigenvalue weighted by Crippen LogP contribution is -2.52. The van der Waals surface area contributed by atoms with Crippen LogP contribution in [0.3, 0.4) is 0 Å². The summed E-state index contributed by atoms with van der Waals surface area (Å²) in [6.07, 6.45) is 7.69. The molecule has 0 fully saturated rings. The second-order valence-electron chi connectivity index (χ2n) is 11.4. The normalized spacial score (nSPS) is 14.5. The fourth-order valence-corrected chi connectivity index (χ4v) is 5.89. The highest BCUT2D eigenvalue weighted by Crippen LogP contribution is 2.24. The number of nitrogens with zero attached hydrogens (tertiary/aromatic N) is 5. The molecule has 4 atom stereocenters. The summed E-state index contributed by atoms with van der Waals surface area (Å²) >= 11 is 0. The van der Waals surface area contributed by atoms with Crippen molar-refractivity contribution in [1.29, 1.82) is 0 Å². The molecule has 0 bridgehead atoms. The number of aliphatic hydroxyl groups excluding tert-OH is 5. The molecule has 260 valence electrons. The van der Waals surface area contributed by atoms with E-state index < -0.39 is 18.2 Å². The summed E-state index contributed by atoms with van der Waals surface area (Å²) in [6, 6.07) is -1.42. The van der Waals surface area contributed by atoms with E-state index in [0.29, 0.717) is 51.9 Å². The molecule has 7 N–H and O–H groups in total. The van der Waals surface area contributed by atoms with Crippen LogP contribution in [0.25, 0.3) is 0 Å². The summed E-state index contributed by atoms with van der Waals surface area (Å²) in [6.45, 7) is 3.64. The molecule has 0 aliphatic heterocycles. The van der Waals surface area contributed by atoms with E-state index in [4.69, 9.17) is 15.9 Å². The predicted molar refractivity (Wildman–Crippen MR) is 172 cm³/mol. The maximum Gasteiger partial charge on any atom is 0.222 e. The molecule has 0 aromatic rings. The summed E-state index contributed by atoms with van der Waals surface area (Å²) in [5.74, 6) is -0.0865. The minimum atomic E-state index is -0.868. The summed E-state index contributed by atoms with van der Waals surface area (Å²) in [4.78, 5) is 40.6. The number of carbonyl (C=O) groups is 1. The molecule has 1 amide bonds. The quantitative estimate of drug-likeness (QED) is 0.0454. The van der Waals surface area contributed by atoms with Gasteiger partial charge in [0.25, 0.3) is 0 Å². The molecular weight excluding hydrogens is 572 g/mol. The molecule has 0 rings (SSSR count). The van der Waals surface area contributed by atoms with Gasteiger partial charge >= 0.3 is 0 Å². The number of hydrogen-bond donors (Lipinski definition) is 6. The van der Waals surface area contributed by atoms with E-state index in [0.717, 1.165) is 44.9 Å². The van der Waals surface area contributed by atoms with Gasteiger partial charge in [0.1, 0.15) is 6.04 Å². The summed E-state index contributed by atoms with van der Waals surface area (Å²) in [5, 5.41) is 55.7. The minimum Gasteiger partial charge on any atom is -0.395 e. The third-order valence-corrected chi connectivity index (χ3v) is 8.20. The molecule has 0 aliphatic rings. The van der Waals surface area contributed by atoms with Crippen molar-refractivity contribution >= 4 is 5.91 Å². The van der Waals surface area contributed by atoms with E-state index in [1.54, 1.807) is 0 Å². The fraction of sp³-hybridized carbons (Fsp3) is 0.967. The van der Waals surface area contributed by atoms with Crippen molar-refractivity contribution in [1.82, 2.24) is 14.7 Å². The van der Waals surface area contributed by atoms with Crippen molar-refractivity contribution in [2.75, 3.05) is 78.8 Å². The van der Waals surface area contributed by atoms with Crippen LogP contribution in [-0.2, 0) is 4.79 Å². The Balaban J connectivity index is 5.42. The van der Waals surface area contributed by atoms with Crippen molar-refractivity contribution in [2.45, 2.75) is 108 Å². The Hall–Kier alpha value is -1.65. The van der Waals surface area contributed by atoms with E-state index in [2.05, 4.69) is 17.3 Å². The van der Waals surface area contributed by atoms with Gasteiger partial charge in [-0.05, 0) is 25.7 Å². The summed E-state index contributed by atoms with van der Waals surface area (Å²) in [5.41, 5.74) is 5.87. The van der Waals surface area contributed by atoms with Crippen LogP contribution in [0.1, 0.15) is 84.0 Å². The third-order valence-electron chi connectivity index (χ3n) is 8.20. The molecule has 0 aromatic heterocycles. The highest BCUT2D eigenvalue weighted by atomic mass is 16.3. The Morgan fingerprint density at radius 1 is 0.727 bits per heavy atom. The van der Waals surface area contributed by atoms with Gasteiger partial charge in [0.05, 0.1) is 39.1 Å². The SMILES string of the molecule is CCCCCC(C(O)CC(C(CCCCCCCC(=O)N(CCO)CCO)N=O)N(CCN)CCO)N(CCO)CCN=O. The molecular formula is C30H62N6O8. The lowest BCUT2D eigenvalue weighted by Gasteiger charge is -2.39. The molecule has 0 heterocycles. The lowest BCUT2D eigenvalue weighted by molar-refractivity contribution is -0.132. The average Bonchev–Trinajstić information content (AvgIpc) is 3.01. The lowest BCUT2D eigenvalue weighted by atomic mass is 9.90. The van der Waals surface area contributed by atoms with Gasteiger partial charge < -0.3 is 36.2 Å². The summed E-state index contributed by atoms with van der Waals surface area (Å²) < 4.78 is 0. The number of hydrogen-bond acceptors (Lipinski definition) is 13. The Morgan fingerprint density at radius 3 is 1.84 bits per heavy atom. The molecule has 0 aliphatic carbocycles.